The summed E-state index contributed by atoms with van der Waals surface area (Å²) < 4.78 is 19.2. The van der Waals surface area contributed by atoms with Crippen molar-refractivity contribution in [1.82, 2.24) is 5.43 Å². The monoisotopic (exact) mass is 448 g/mol. The average Bonchev–Trinajstić information content (AvgIpc) is 2.83. The molecule has 3 aromatic carbocycles. The average molecular weight is 449 g/mol. The second-order valence-corrected chi connectivity index (χ2v) is 8.28. The zero-order chi connectivity index (χ0) is 23.3. The Hall–Kier alpha value is -3.21. The van der Waals surface area contributed by atoms with Gasteiger partial charge in [0, 0.05) is 12.0 Å². The van der Waals surface area contributed by atoms with Crippen LogP contribution in [0.15, 0.2) is 65.8 Å². The molecular weight excluding hydrogens is 415 g/mol. The highest BCUT2D eigenvalue weighted by molar-refractivity contribution is 6.02. The molecule has 0 heterocycles. The van der Waals surface area contributed by atoms with Crippen LogP contribution in [-0.2, 0) is 11.4 Å². The number of carbonyl (C=O) groups excluding carboxylic acids is 1. The SMILES string of the molecule is CCCCCCCCCC(=O)N/N=C\c1c(OCc2ccc(F)cc2)ccc2ccccc12. The summed E-state index contributed by atoms with van der Waals surface area (Å²) in [6, 6.07) is 18.1. The molecule has 0 radical (unpaired) electrons. The Labute approximate surface area is 195 Å². The van der Waals surface area contributed by atoms with Gasteiger partial charge in [0.25, 0.3) is 0 Å². The fourth-order valence-corrected chi connectivity index (χ4v) is 3.74. The number of halogens is 1. The molecule has 0 saturated carbocycles. The Morgan fingerprint density at radius 3 is 2.45 bits per heavy atom. The Kier molecular flexibility index (Phi) is 9.89. The molecule has 0 aliphatic heterocycles. The molecule has 0 aliphatic rings. The number of hydrogen-bond donors (Lipinski definition) is 1. The molecule has 0 fully saturated rings. The van der Waals surface area contributed by atoms with E-state index in [0.717, 1.165) is 34.7 Å². The van der Waals surface area contributed by atoms with E-state index in [-0.39, 0.29) is 11.7 Å². The molecule has 0 bridgehead atoms. The van der Waals surface area contributed by atoms with Crippen LogP contribution in [0.3, 0.4) is 0 Å². The van der Waals surface area contributed by atoms with Crippen LogP contribution >= 0.6 is 0 Å². The highest BCUT2D eigenvalue weighted by Gasteiger charge is 2.08. The third kappa shape index (κ3) is 8.01. The lowest BCUT2D eigenvalue weighted by Crippen LogP contribution is -2.17. The second kappa shape index (κ2) is 13.4. The number of unbranched alkanes of at least 4 members (excludes halogenated alkanes) is 6. The lowest BCUT2D eigenvalue weighted by Gasteiger charge is -2.12. The number of nitrogens with one attached hydrogen (secondary N) is 1. The van der Waals surface area contributed by atoms with Gasteiger partial charge in [0.1, 0.15) is 18.2 Å². The van der Waals surface area contributed by atoms with E-state index < -0.39 is 0 Å². The summed E-state index contributed by atoms with van der Waals surface area (Å²) in [6.07, 6.45) is 10.3. The van der Waals surface area contributed by atoms with Gasteiger partial charge >= 0.3 is 0 Å². The van der Waals surface area contributed by atoms with Crippen LogP contribution in [0.4, 0.5) is 4.39 Å². The maximum atomic E-state index is 13.2. The molecule has 0 spiro atoms. The maximum Gasteiger partial charge on any atom is 0.240 e. The van der Waals surface area contributed by atoms with Gasteiger partial charge in [-0.15, -0.1) is 0 Å². The number of amides is 1. The van der Waals surface area contributed by atoms with E-state index in [1.807, 2.05) is 36.4 Å². The molecule has 0 atom stereocenters. The van der Waals surface area contributed by atoms with Gasteiger partial charge in [0.05, 0.1) is 6.21 Å². The van der Waals surface area contributed by atoms with Crippen LogP contribution in [-0.4, -0.2) is 12.1 Å². The predicted molar refractivity (Wildman–Crippen MR) is 133 cm³/mol. The fraction of sp³-hybridized carbons (Fsp3) is 0.357. The van der Waals surface area contributed by atoms with E-state index in [0.29, 0.717) is 18.8 Å². The number of rotatable bonds is 13. The van der Waals surface area contributed by atoms with E-state index >= 15 is 0 Å². The molecule has 4 nitrogen and oxygen atoms in total. The van der Waals surface area contributed by atoms with Crippen molar-refractivity contribution in [2.75, 3.05) is 0 Å². The first-order valence-corrected chi connectivity index (χ1v) is 11.9. The standard InChI is InChI=1S/C28H33FN2O2/c1-2-3-4-5-6-7-8-13-28(32)31-30-20-26-25-12-10-9-11-23(25)16-19-27(26)33-21-22-14-17-24(29)18-15-22/h9-12,14-20H,2-8,13,21H2,1H3,(H,31,32)/b30-20-. The third-order valence-electron chi connectivity index (χ3n) is 5.63. The van der Waals surface area contributed by atoms with Gasteiger partial charge in [0.2, 0.25) is 5.91 Å². The van der Waals surface area contributed by atoms with Crippen molar-refractivity contribution in [2.45, 2.75) is 64.9 Å². The Balaban J connectivity index is 1.59. The molecule has 174 valence electrons. The molecule has 1 N–H and O–H groups in total. The summed E-state index contributed by atoms with van der Waals surface area (Å²) in [5.41, 5.74) is 4.32. The van der Waals surface area contributed by atoms with E-state index in [1.54, 1.807) is 18.3 Å². The van der Waals surface area contributed by atoms with Crippen LogP contribution < -0.4 is 10.2 Å². The van der Waals surface area contributed by atoms with E-state index in [4.69, 9.17) is 4.74 Å². The highest BCUT2D eigenvalue weighted by atomic mass is 19.1. The molecule has 0 saturated heterocycles. The van der Waals surface area contributed by atoms with Crippen molar-refractivity contribution in [3.05, 3.63) is 77.6 Å². The summed E-state index contributed by atoms with van der Waals surface area (Å²) >= 11 is 0. The first kappa shape index (κ1) is 24.4. The van der Waals surface area contributed by atoms with E-state index in [1.165, 1.54) is 44.2 Å². The number of benzene rings is 3. The molecule has 0 unspecified atom stereocenters. The normalized spacial score (nSPS) is 11.2. The topological polar surface area (TPSA) is 50.7 Å². The lowest BCUT2D eigenvalue weighted by atomic mass is 10.0. The lowest BCUT2D eigenvalue weighted by molar-refractivity contribution is -0.121. The minimum atomic E-state index is -0.274. The molecular formula is C28H33FN2O2. The van der Waals surface area contributed by atoms with Crippen LogP contribution in [0.2, 0.25) is 0 Å². The largest absolute Gasteiger partial charge is 0.488 e. The smallest absolute Gasteiger partial charge is 0.240 e. The van der Waals surface area contributed by atoms with Crippen LogP contribution in [0.1, 0.15) is 69.4 Å². The number of hydrazone groups is 1. The maximum absolute atomic E-state index is 13.2. The summed E-state index contributed by atoms with van der Waals surface area (Å²) in [4.78, 5) is 12.2. The third-order valence-corrected chi connectivity index (χ3v) is 5.63. The number of ether oxygens (including phenoxy) is 1. The molecule has 0 aliphatic carbocycles. The fourth-order valence-electron chi connectivity index (χ4n) is 3.74. The predicted octanol–water partition coefficient (Wildman–Crippen LogP) is 7.15. The summed E-state index contributed by atoms with van der Waals surface area (Å²) in [7, 11) is 0. The van der Waals surface area contributed by atoms with Crippen LogP contribution in [0.25, 0.3) is 10.8 Å². The number of hydrogen-bond acceptors (Lipinski definition) is 3. The van der Waals surface area contributed by atoms with Crippen molar-refractivity contribution in [1.29, 1.82) is 0 Å². The van der Waals surface area contributed by atoms with Gasteiger partial charge in [-0.1, -0.05) is 87.9 Å². The number of fused-ring (bicyclic) bond motifs is 1. The number of nitrogens with zero attached hydrogens (tertiary/aromatic N) is 1. The first-order valence-electron chi connectivity index (χ1n) is 11.9. The molecule has 1 amide bonds. The molecule has 3 aromatic rings. The summed E-state index contributed by atoms with van der Waals surface area (Å²) in [5, 5.41) is 6.25. The highest BCUT2D eigenvalue weighted by Crippen LogP contribution is 2.27. The van der Waals surface area contributed by atoms with Gasteiger partial charge in [-0.05, 0) is 41.0 Å². The summed E-state index contributed by atoms with van der Waals surface area (Å²) in [6.45, 7) is 2.52. The van der Waals surface area contributed by atoms with Crippen molar-refractivity contribution < 1.29 is 13.9 Å². The van der Waals surface area contributed by atoms with Crippen molar-refractivity contribution in [3.8, 4) is 5.75 Å². The minimum Gasteiger partial charge on any atom is -0.488 e. The van der Waals surface area contributed by atoms with E-state index in [9.17, 15) is 9.18 Å². The van der Waals surface area contributed by atoms with Gasteiger partial charge in [0.15, 0.2) is 0 Å². The van der Waals surface area contributed by atoms with Gasteiger partial charge in [-0.2, -0.15) is 5.10 Å². The summed E-state index contributed by atoms with van der Waals surface area (Å²) in [5.74, 6) is 0.307. The quantitative estimate of drug-likeness (QED) is 0.171. The Morgan fingerprint density at radius 2 is 1.67 bits per heavy atom. The van der Waals surface area contributed by atoms with Crippen LogP contribution in [0, 0.1) is 5.82 Å². The molecule has 3 rings (SSSR count). The molecule has 0 aromatic heterocycles. The van der Waals surface area contributed by atoms with Crippen molar-refractivity contribution in [2.24, 2.45) is 5.10 Å². The van der Waals surface area contributed by atoms with Crippen molar-refractivity contribution >= 4 is 22.9 Å². The minimum absolute atomic E-state index is 0.0752. The van der Waals surface area contributed by atoms with Gasteiger partial charge in [-0.3, -0.25) is 4.79 Å². The van der Waals surface area contributed by atoms with Gasteiger partial charge in [-0.25, -0.2) is 9.82 Å². The molecule has 33 heavy (non-hydrogen) atoms. The van der Waals surface area contributed by atoms with E-state index in [2.05, 4.69) is 17.5 Å². The first-order chi connectivity index (χ1) is 16.2. The Morgan fingerprint density at radius 1 is 0.939 bits per heavy atom. The molecule has 5 heteroatoms. The number of carbonyl (C=O) groups is 1. The zero-order valence-corrected chi connectivity index (χ0v) is 19.4. The second-order valence-electron chi connectivity index (χ2n) is 8.28. The Bertz CT molecular complexity index is 1050. The van der Waals surface area contributed by atoms with Gasteiger partial charge < -0.3 is 4.74 Å². The zero-order valence-electron chi connectivity index (χ0n) is 19.4. The van der Waals surface area contributed by atoms with Crippen LogP contribution in [0.5, 0.6) is 5.75 Å². The van der Waals surface area contributed by atoms with Crippen molar-refractivity contribution in [3.63, 3.8) is 0 Å².